The van der Waals surface area contributed by atoms with Crippen LogP contribution in [-0.2, 0) is 0 Å². The van der Waals surface area contributed by atoms with Crippen LogP contribution in [0.15, 0.2) is 17.9 Å². The molecule has 0 heterocycles. The van der Waals surface area contributed by atoms with E-state index in [9.17, 15) is 0 Å². The van der Waals surface area contributed by atoms with Gasteiger partial charge in [0.15, 0.2) is 0 Å². The number of hydrogen-bond donors (Lipinski definition) is 0. The fourth-order valence-electron chi connectivity index (χ4n) is 0.994. The lowest BCUT2D eigenvalue weighted by atomic mass is 9.78. The quantitative estimate of drug-likeness (QED) is 0.523. The van der Waals surface area contributed by atoms with Crippen molar-refractivity contribution in [3.63, 3.8) is 0 Å². The van der Waals surface area contributed by atoms with Crippen LogP contribution in [0.1, 0.15) is 40.5 Å². The van der Waals surface area contributed by atoms with Gasteiger partial charge in [-0.2, -0.15) is 0 Å². The molecule has 0 unspecified atom stereocenters. The zero-order valence-corrected chi connectivity index (χ0v) is 7.62. The summed E-state index contributed by atoms with van der Waals surface area (Å²) < 4.78 is 0. The van der Waals surface area contributed by atoms with Crippen molar-refractivity contribution in [3.05, 3.63) is 17.9 Å². The normalized spacial score (nSPS) is 10.8. The number of allylic oxidation sites excluding steroid dienone is 1. The van der Waals surface area contributed by atoms with Gasteiger partial charge in [-0.05, 0) is 30.8 Å². The van der Waals surface area contributed by atoms with Gasteiger partial charge in [-0.25, -0.2) is 0 Å². The van der Waals surface area contributed by atoms with Crippen LogP contribution in [0, 0.1) is 5.41 Å². The molecule has 0 aromatic rings. The molecule has 10 heavy (non-hydrogen) atoms. The fraction of sp³-hybridized carbons (Fsp3) is 0.700. The topological polar surface area (TPSA) is 0 Å². The van der Waals surface area contributed by atoms with Gasteiger partial charge in [0.05, 0.1) is 0 Å². The van der Waals surface area contributed by atoms with Crippen LogP contribution in [0.3, 0.4) is 0 Å². The summed E-state index contributed by atoms with van der Waals surface area (Å²) in [5.41, 5.74) is 4.60. The Morgan fingerprint density at radius 1 is 1.40 bits per heavy atom. The zero-order chi connectivity index (χ0) is 8.20. The smallest absolute Gasteiger partial charge is 0.00488 e. The monoisotopic (exact) mass is 138 g/mol. The van der Waals surface area contributed by atoms with Crippen molar-refractivity contribution in [1.82, 2.24) is 0 Å². The van der Waals surface area contributed by atoms with Crippen LogP contribution >= 0.6 is 0 Å². The number of hydrogen-bond acceptors (Lipinski definition) is 0. The SMILES string of the molecule is C=C=C(C)C(C)(CC)CC. The second-order valence-electron chi connectivity index (χ2n) is 3.07. The first kappa shape index (κ1) is 9.52. The maximum Gasteiger partial charge on any atom is -0.00488 e. The van der Waals surface area contributed by atoms with Crippen molar-refractivity contribution in [1.29, 1.82) is 0 Å². The Hall–Kier alpha value is -0.480. The molecule has 0 heteroatoms. The van der Waals surface area contributed by atoms with Crippen LogP contribution in [0.2, 0.25) is 0 Å². The highest BCUT2D eigenvalue weighted by Gasteiger charge is 2.20. The third kappa shape index (κ3) is 1.75. The Morgan fingerprint density at radius 3 is 1.90 bits per heavy atom. The average Bonchev–Trinajstić information content (AvgIpc) is 2.01. The molecule has 0 N–H and O–H groups in total. The minimum absolute atomic E-state index is 0.335. The predicted molar refractivity (Wildman–Crippen MR) is 47.0 cm³/mol. The van der Waals surface area contributed by atoms with Crippen LogP contribution in [0.4, 0.5) is 0 Å². The third-order valence-corrected chi connectivity index (χ3v) is 2.73. The lowest BCUT2D eigenvalue weighted by molar-refractivity contribution is 0.368. The van der Waals surface area contributed by atoms with Gasteiger partial charge >= 0.3 is 0 Å². The van der Waals surface area contributed by atoms with Crippen LogP contribution in [0.5, 0.6) is 0 Å². The Bertz CT molecular complexity index is 143. The molecular weight excluding hydrogens is 120 g/mol. The van der Waals surface area contributed by atoms with E-state index in [1.807, 2.05) is 0 Å². The molecule has 0 saturated heterocycles. The summed E-state index contributed by atoms with van der Waals surface area (Å²) in [7, 11) is 0. The molecule has 0 aliphatic carbocycles. The second-order valence-corrected chi connectivity index (χ2v) is 3.07. The third-order valence-electron chi connectivity index (χ3n) is 2.73. The van der Waals surface area contributed by atoms with Crippen molar-refractivity contribution in [2.45, 2.75) is 40.5 Å². The Labute approximate surface area is 64.6 Å². The minimum atomic E-state index is 0.335. The maximum absolute atomic E-state index is 3.66. The average molecular weight is 138 g/mol. The Kier molecular flexibility index (Phi) is 3.46. The molecular formula is C10H18. The van der Waals surface area contributed by atoms with Crippen LogP contribution in [-0.4, -0.2) is 0 Å². The van der Waals surface area contributed by atoms with Gasteiger partial charge in [0.1, 0.15) is 0 Å². The lowest BCUT2D eigenvalue weighted by Crippen LogP contribution is -2.14. The summed E-state index contributed by atoms with van der Waals surface area (Å²) in [6.07, 6.45) is 2.36. The first-order valence-electron chi connectivity index (χ1n) is 3.97. The molecule has 0 atom stereocenters. The van der Waals surface area contributed by atoms with Crippen molar-refractivity contribution < 1.29 is 0 Å². The summed E-state index contributed by atoms with van der Waals surface area (Å²) in [6, 6.07) is 0. The van der Waals surface area contributed by atoms with Gasteiger partial charge in [0, 0.05) is 0 Å². The van der Waals surface area contributed by atoms with Crippen molar-refractivity contribution in [2.75, 3.05) is 0 Å². The lowest BCUT2D eigenvalue weighted by Gasteiger charge is -2.26. The molecule has 0 spiro atoms. The first-order valence-corrected chi connectivity index (χ1v) is 3.97. The Morgan fingerprint density at radius 2 is 1.80 bits per heavy atom. The molecule has 0 rings (SSSR count). The molecule has 0 aliphatic heterocycles. The van der Waals surface area contributed by atoms with E-state index in [-0.39, 0.29) is 0 Å². The number of rotatable bonds is 3. The summed E-state index contributed by atoms with van der Waals surface area (Å²) in [6.45, 7) is 12.5. The van der Waals surface area contributed by atoms with E-state index in [1.165, 1.54) is 18.4 Å². The molecule has 0 amide bonds. The fourth-order valence-corrected chi connectivity index (χ4v) is 0.994. The zero-order valence-electron chi connectivity index (χ0n) is 7.62. The molecule has 0 aromatic carbocycles. The van der Waals surface area contributed by atoms with Gasteiger partial charge in [-0.1, -0.05) is 27.4 Å². The molecule has 58 valence electrons. The Balaban J connectivity index is 4.48. The summed E-state index contributed by atoms with van der Waals surface area (Å²) in [5, 5.41) is 0. The van der Waals surface area contributed by atoms with E-state index in [2.05, 4.69) is 40.0 Å². The van der Waals surface area contributed by atoms with Crippen molar-refractivity contribution >= 4 is 0 Å². The van der Waals surface area contributed by atoms with E-state index in [0.717, 1.165) is 0 Å². The summed E-state index contributed by atoms with van der Waals surface area (Å²) in [5.74, 6) is 0. The largest absolute Gasteiger partial charge is 0.129 e. The van der Waals surface area contributed by atoms with Crippen molar-refractivity contribution in [3.8, 4) is 0 Å². The summed E-state index contributed by atoms with van der Waals surface area (Å²) >= 11 is 0. The molecule has 0 aromatic heterocycles. The molecule has 0 nitrogen and oxygen atoms in total. The highest BCUT2D eigenvalue weighted by molar-refractivity contribution is 5.07. The van der Waals surface area contributed by atoms with E-state index >= 15 is 0 Å². The predicted octanol–water partition coefficient (Wildman–Crippen LogP) is 3.54. The van der Waals surface area contributed by atoms with Gasteiger partial charge in [0.2, 0.25) is 0 Å². The molecule has 0 aliphatic rings. The highest BCUT2D eigenvalue weighted by atomic mass is 14.2. The maximum atomic E-state index is 3.66. The van der Waals surface area contributed by atoms with E-state index in [4.69, 9.17) is 0 Å². The molecule has 0 saturated carbocycles. The molecule has 0 bridgehead atoms. The van der Waals surface area contributed by atoms with Gasteiger partial charge in [0.25, 0.3) is 0 Å². The standard InChI is InChI=1S/C10H18/c1-6-9(4)10(5,7-2)8-3/h1,7-8H2,2-5H3. The second kappa shape index (κ2) is 3.63. The molecule has 0 radical (unpaired) electrons. The summed E-state index contributed by atoms with van der Waals surface area (Å²) in [4.78, 5) is 0. The highest BCUT2D eigenvalue weighted by Crippen LogP contribution is 2.32. The first-order chi connectivity index (χ1) is 4.60. The van der Waals surface area contributed by atoms with Gasteiger partial charge in [-0.15, -0.1) is 5.73 Å². The molecule has 0 fully saturated rings. The van der Waals surface area contributed by atoms with Gasteiger partial charge in [-0.3, -0.25) is 0 Å². The van der Waals surface area contributed by atoms with E-state index < -0.39 is 0 Å². The van der Waals surface area contributed by atoms with Crippen LogP contribution in [0.25, 0.3) is 0 Å². The van der Waals surface area contributed by atoms with Crippen LogP contribution < -0.4 is 0 Å². The van der Waals surface area contributed by atoms with E-state index in [0.29, 0.717) is 5.41 Å². The van der Waals surface area contributed by atoms with E-state index in [1.54, 1.807) is 0 Å². The minimum Gasteiger partial charge on any atom is -0.129 e. The van der Waals surface area contributed by atoms with Crippen molar-refractivity contribution in [2.24, 2.45) is 5.41 Å². The van der Waals surface area contributed by atoms with Gasteiger partial charge < -0.3 is 0 Å².